The van der Waals surface area contributed by atoms with Crippen LogP contribution < -0.4 is 4.72 Å². The maximum absolute atomic E-state index is 12.5. The number of fused-ring (bicyclic) bond motifs is 1. The third kappa shape index (κ3) is 4.49. The molecule has 0 atom stereocenters. The summed E-state index contributed by atoms with van der Waals surface area (Å²) in [6, 6.07) is 10.5. The SMILES string of the molecule is Cc1cc(S(=O)(=O)NCCSc2nc3ccccc3s2)cc(C(=O)O)c1C. The van der Waals surface area contributed by atoms with Crippen molar-refractivity contribution >= 4 is 49.3 Å². The van der Waals surface area contributed by atoms with E-state index in [0.717, 1.165) is 14.6 Å². The van der Waals surface area contributed by atoms with Crippen LogP contribution in [-0.4, -0.2) is 36.8 Å². The number of thiazole rings is 1. The van der Waals surface area contributed by atoms with Crippen LogP contribution in [0.4, 0.5) is 0 Å². The summed E-state index contributed by atoms with van der Waals surface area (Å²) in [5.74, 6) is -0.616. The van der Waals surface area contributed by atoms with Crippen LogP contribution in [0.1, 0.15) is 21.5 Å². The Morgan fingerprint density at radius 3 is 2.70 bits per heavy atom. The Hall–Kier alpha value is -1.94. The van der Waals surface area contributed by atoms with E-state index in [2.05, 4.69) is 9.71 Å². The molecule has 142 valence electrons. The minimum atomic E-state index is -3.78. The molecule has 3 aromatic rings. The van der Waals surface area contributed by atoms with Crippen molar-refractivity contribution < 1.29 is 18.3 Å². The smallest absolute Gasteiger partial charge is 0.336 e. The Morgan fingerprint density at radius 2 is 2.00 bits per heavy atom. The Bertz CT molecular complexity index is 1070. The maximum atomic E-state index is 12.5. The molecule has 0 aliphatic rings. The minimum Gasteiger partial charge on any atom is -0.478 e. The van der Waals surface area contributed by atoms with Gasteiger partial charge in [0.25, 0.3) is 0 Å². The molecule has 6 nitrogen and oxygen atoms in total. The molecule has 0 aliphatic carbocycles. The summed E-state index contributed by atoms with van der Waals surface area (Å²) >= 11 is 3.05. The number of thioether (sulfide) groups is 1. The van der Waals surface area contributed by atoms with Gasteiger partial charge in [-0.1, -0.05) is 23.9 Å². The normalized spacial score (nSPS) is 11.8. The van der Waals surface area contributed by atoms with Crippen molar-refractivity contribution in [3.63, 3.8) is 0 Å². The highest BCUT2D eigenvalue weighted by atomic mass is 32.2. The molecule has 0 spiro atoms. The molecule has 0 amide bonds. The van der Waals surface area contributed by atoms with E-state index in [1.165, 1.54) is 23.9 Å². The van der Waals surface area contributed by atoms with Crippen molar-refractivity contribution in [1.29, 1.82) is 0 Å². The molecular formula is C18H18N2O4S3. The third-order valence-electron chi connectivity index (χ3n) is 4.08. The van der Waals surface area contributed by atoms with E-state index in [1.807, 2.05) is 24.3 Å². The first-order valence-electron chi connectivity index (χ1n) is 8.10. The molecule has 0 radical (unpaired) electrons. The van der Waals surface area contributed by atoms with Crippen molar-refractivity contribution in [3.8, 4) is 0 Å². The van der Waals surface area contributed by atoms with Gasteiger partial charge in [0.2, 0.25) is 10.0 Å². The first-order valence-corrected chi connectivity index (χ1v) is 11.4. The van der Waals surface area contributed by atoms with E-state index >= 15 is 0 Å². The lowest BCUT2D eigenvalue weighted by atomic mass is 10.0. The van der Waals surface area contributed by atoms with E-state index in [-0.39, 0.29) is 17.0 Å². The highest BCUT2D eigenvalue weighted by Crippen LogP contribution is 2.29. The standard InChI is InChI=1S/C18H18N2O4S3/c1-11-9-13(10-14(12(11)2)17(21)22)27(23,24)19-7-8-25-18-20-15-5-3-4-6-16(15)26-18/h3-6,9-10,19H,7-8H2,1-2H3,(H,21,22). The highest BCUT2D eigenvalue weighted by molar-refractivity contribution is 8.01. The van der Waals surface area contributed by atoms with Crippen molar-refractivity contribution in [2.24, 2.45) is 0 Å². The molecule has 3 rings (SSSR count). The first kappa shape index (κ1) is 19.8. The number of hydrogen-bond acceptors (Lipinski definition) is 6. The molecule has 1 aromatic heterocycles. The Balaban J connectivity index is 1.65. The second kappa shape index (κ2) is 7.97. The predicted octanol–water partition coefficient (Wildman–Crippen LogP) is 3.68. The average molecular weight is 423 g/mol. The van der Waals surface area contributed by atoms with Gasteiger partial charge in [-0.25, -0.2) is 22.9 Å². The van der Waals surface area contributed by atoms with Crippen LogP contribution in [0.5, 0.6) is 0 Å². The molecule has 9 heteroatoms. The number of aryl methyl sites for hydroxylation is 1. The van der Waals surface area contributed by atoms with Crippen LogP contribution >= 0.6 is 23.1 Å². The van der Waals surface area contributed by atoms with Gasteiger partial charge in [0.05, 0.1) is 20.7 Å². The summed E-state index contributed by atoms with van der Waals surface area (Å²) < 4.78 is 29.5. The molecule has 0 saturated carbocycles. The van der Waals surface area contributed by atoms with Gasteiger partial charge in [0, 0.05) is 12.3 Å². The zero-order chi connectivity index (χ0) is 19.6. The topological polar surface area (TPSA) is 96.4 Å². The van der Waals surface area contributed by atoms with Gasteiger partial charge in [-0.3, -0.25) is 0 Å². The fourth-order valence-electron chi connectivity index (χ4n) is 2.51. The molecule has 27 heavy (non-hydrogen) atoms. The first-order chi connectivity index (χ1) is 12.8. The molecule has 0 bridgehead atoms. The quantitative estimate of drug-likeness (QED) is 0.445. The number of carboxylic acid groups (broad SMARTS) is 1. The number of aromatic nitrogens is 1. The molecule has 0 aliphatic heterocycles. The molecule has 2 aromatic carbocycles. The molecular weight excluding hydrogens is 404 g/mol. The lowest BCUT2D eigenvalue weighted by Crippen LogP contribution is -2.26. The van der Waals surface area contributed by atoms with E-state index in [9.17, 15) is 18.3 Å². The van der Waals surface area contributed by atoms with Crippen molar-refractivity contribution in [1.82, 2.24) is 9.71 Å². The van der Waals surface area contributed by atoms with E-state index in [0.29, 0.717) is 16.9 Å². The van der Waals surface area contributed by atoms with Crippen LogP contribution in [0.3, 0.4) is 0 Å². The number of carbonyl (C=O) groups is 1. The van der Waals surface area contributed by atoms with E-state index in [4.69, 9.17) is 0 Å². The van der Waals surface area contributed by atoms with Crippen LogP contribution in [-0.2, 0) is 10.0 Å². The summed E-state index contributed by atoms with van der Waals surface area (Å²) in [5.41, 5.74) is 2.12. The number of nitrogens with zero attached hydrogens (tertiary/aromatic N) is 1. The minimum absolute atomic E-state index is 0.000717. The lowest BCUT2D eigenvalue weighted by Gasteiger charge is -2.11. The van der Waals surface area contributed by atoms with Gasteiger partial charge in [-0.05, 0) is 49.2 Å². The van der Waals surface area contributed by atoms with Gasteiger partial charge < -0.3 is 5.11 Å². The molecule has 0 saturated heterocycles. The van der Waals surface area contributed by atoms with Gasteiger partial charge in [-0.15, -0.1) is 11.3 Å². The van der Waals surface area contributed by atoms with Gasteiger partial charge in [0.15, 0.2) is 4.34 Å². The molecule has 1 heterocycles. The molecule has 0 unspecified atom stereocenters. The van der Waals surface area contributed by atoms with Crippen molar-refractivity contribution in [2.45, 2.75) is 23.1 Å². The van der Waals surface area contributed by atoms with Crippen molar-refractivity contribution in [3.05, 3.63) is 53.1 Å². The van der Waals surface area contributed by atoms with Gasteiger partial charge in [0.1, 0.15) is 0 Å². The summed E-state index contributed by atoms with van der Waals surface area (Å²) in [4.78, 5) is 15.8. The summed E-state index contributed by atoms with van der Waals surface area (Å²) in [7, 11) is -3.78. The maximum Gasteiger partial charge on any atom is 0.336 e. The fraction of sp³-hybridized carbons (Fsp3) is 0.222. The average Bonchev–Trinajstić information content (AvgIpc) is 3.03. The summed E-state index contributed by atoms with van der Waals surface area (Å²) in [5, 5.41) is 9.26. The Kier molecular flexibility index (Phi) is 5.85. The van der Waals surface area contributed by atoms with E-state index < -0.39 is 16.0 Å². The van der Waals surface area contributed by atoms with Gasteiger partial charge in [-0.2, -0.15) is 0 Å². The molecule has 2 N–H and O–H groups in total. The lowest BCUT2D eigenvalue weighted by molar-refractivity contribution is 0.0695. The number of carboxylic acids is 1. The second-order valence-electron chi connectivity index (χ2n) is 5.91. The number of para-hydroxylation sites is 1. The molecule has 0 fully saturated rings. The zero-order valence-electron chi connectivity index (χ0n) is 14.7. The number of rotatable bonds is 7. The Morgan fingerprint density at radius 1 is 1.26 bits per heavy atom. The summed E-state index contributed by atoms with van der Waals surface area (Å²) in [6.07, 6.45) is 0. The number of nitrogens with one attached hydrogen (secondary N) is 1. The summed E-state index contributed by atoms with van der Waals surface area (Å²) in [6.45, 7) is 3.58. The number of aromatic carboxylic acids is 1. The van der Waals surface area contributed by atoms with Crippen LogP contribution in [0.25, 0.3) is 10.2 Å². The number of sulfonamides is 1. The van der Waals surface area contributed by atoms with Crippen molar-refractivity contribution in [2.75, 3.05) is 12.3 Å². The highest BCUT2D eigenvalue weighted by Gasteiger charge is 2.19. The monoisotopic (exact) mass is 422 g/mol. The third-order valence-corrected chi connectivity index (χ3v) is 7.70. The van der Waals surface area contributed by atoms with E-state index in [1.54, 1.807) is 25.2 Å². The number of hydrogen-bond donors (Lipinski definition) is 2. The predicted molar refractivity (Wildman–Crippen MR) is 108 cm³/mol. The van der Waals surface area contributed by atoms with Gasteiger partial charge >= 0.3 is 5.97 Å². The van der Waals surface area contributed by atoms with Crippen LogP contribution in [0.2, 0.25) is 0 Å². The Labute approximate surface area is 165 Å². The zero-order valence-corrected chi connectivity index (χ0v) is 17.2. The number of benzene rings is 2. The van der Waals surface area contributed by atoms with Crippen LogP contribution in [0.15, 0.2) is 45.6 Å². The second-order valence-corrected chi connectivity index (χ2v) is 10.1. The van der Waals surface area contributed by atoms with Crippen LogP contribution in [0, 0.1) is 13.8 Å². The fourth-order valence-corrected chi connectivity index (χ4v) is 5.78. The largest absolute Gasteiger partial charge is 0.478 e.